The molecule has 3 nitrogen and oxygen atoms in total. The highest BCUT2D eigenvalue weighted by molar-refractivity contribution is 8.00. The second kappa shape index (κ2) is 5.95. The fourth-order valence-corrected chi connectivity index (χ4v) is 3.20. The predicted molar refractivity (Wildman–Crippen MR) is 62.3 cm³/mol. The lowest BCUT2D eigenvalue weighted by molar-refractivity contribution is 0.101. The minimum Gasteiger partial charge on any atom is -0.380 e. The Labute approximate surface area is 91.1 Å². The zero-order chi connectivity index (χ0) is 10.4. The third kappa shape index (κ3) is 3.12. The third-order valence-electron chi connectivity index (χ3n) is 2.82. The lowest BCUT2D eigenvalue weighted by Gasteiger charge is -2.32. The molecule has 2 atom stereocenters. The second-order valence-electron chi connectivity index (χ2n) is 4.06. The van der Waals surface area contributed by atoms with E-state index >= 15 is 0 Å². The molecule has 2 unspecified atom stereocenters. The molecule has 0 aromatic heterocycles. The molecule has 0 spiro atoms. The van der Waals surface area contributed by atoms with E-state index in [0.717, 1.165) is 19.6 Å². The third-order valence-corrected chi connectivity index (χ3v) is 4.46. The van der Waals surface area contributed by atoms with E-state index in [1.54, 1.807) is 0 Å². The second-order valence-corrected chi connectivity index (χ2v) is 5.69. The van der Waals surface area contributed by atoms with Crippen molar-refractivity contribution in [2.75, 3.05) is 19.0 Å². The smallest absolute Gasteiger partial charge is 0.0646 e. The molecule has 3 N–H and O–H groups in total. The first kappa shape index (κ1) is 12.3. The monoisotopic (exact) mass is 218 g/mol. The number of rotatable bonds is 6. The largest absolute Gasteiger partial charge is 0.380 e. The standard InChI is InChI=1S/C10H22N2OS/c1-3-6-13-8-9(12-11)10(2)5-4-7-14-10/h9,12H,3-8,11H2,1-2H3. The van der Waals surface area contributed by atoms with Gasteiger partial charge in [-0.3, -0.25) is 11.3 Å². The Kier molecular flexibility index (Phi) is 5.23. The van der Waals surface area contributed by atoms with Crippen molar-refractivity contribution in [1.29, 1.82) is 0 Å². The number of hydrogen-bond acceptors (Lipinski definition) is 4. The fourth-order valence-electron chi connectivity index (χ4n) is 1.82. The summed E-state index contributed by atoms with van der Waals surface area (Å²) < 4.78 is 5.82. The van der Waals surface area contributed by atoms with Crippen LogP contribution in [0.15, 0.2) is 0 Å². The minimum absolute atomic E-state index is 0.266. The predicted octanol–water partition coefficient (Wildman–Crippen LogP) is 1.53. The quantitative estimate of drug-likeness (QED) is 0.403. The molecular weight excluding hydrogens is 196 g/mol. The van der Waals surface area contributed by atoms with Gasteiger partial charge in [-0.15, -0.1) is 0 Å². The highest BCUT2D eigenvalue weighted by Gasteiger charge is 2.37. The Bertz CT molecular complexity index is 160. The minimum atomic E-state index is 0.266. The Hall–Kier alpha value is 0.230. The number of thioether (sulfide) groups is 1. The van der Waals surface area contributed by atoms with Crippen LogP contribution in [0.5, 0.6) is 0 Å². The van der Waals surface area contributed by atoms with Gasteiger partial charge >= 0.3 is 0 Å². The molecule has 1 heterocycles. The Morgan fingerprint density at radius 2 is 2.43 bits per heavy atom. The number of ether oxygens (including phenoxy) is 1. The van der Waals surface area contributed by atoms with E-state index in [2.05, 4.69) is 19.3 Å². The maximum absolute atomic E-state index is 5.58. The van der Waals surface area contributed by atoms with Crippen molar-refractivity contribution in [2.24, 2.45) is 5.84 Å². The zero-order valence-electron chi connectivity index (χ0n) is 9.21. The number of nitrogens with two attached hydrogens (primary N) is 1. The average molecular weight is 218 g/mol. The van der Waals surface area contributed by atoms with E-state index in [-0.39, 0.29) is 10.8 Å². The van der Waals surface area contributed by atoms with Crippen molar-refractivity contribution < 1.29 is 4.74 Å². The van der Waals surface area contributed by atoms with Gasteiger partial charge in [-0.1, -0.05) is 6.92 Å². The topological polar surface area (TPSA) is 47.3 Å². The number of hydrogen-bond donors (Lipinski definition) is 2. The molecule has 1 rings (SSSR count). The molecule has 0 bridgehead atoms. The van der Waals surface area contributed by atoms with Gasteiger partial charge < -0.3 is 4.74 Å². The van der Waals surface area contributed by atoms with E-state index in [1.807, 2.05) is 11.8 Å². The first-order chi connectivity index (χ1) is 6.73. The Balaban J connectivity index is 2.35. The lowest BCUT2D eigenvalue weighted by Crippen LogP contribution is -2.51. The van der Waals surface area contributed by atoms with Crippen molar-refractivity contribution in [2.45, 2.75) is 43.9 Å². The molecular formula is C10H22N2OS. The van der Waals surface area contributed by atoms with Crippen LogP contribution in [0.2, 0.25) is 0 Å². The van der Waals surface area contributed by atoms with Gasteiger partial charge in [0.1, 0.15) is 0 Å². The van der Waals surface area contributed by atoms with E-state index in [1.165, 1.54) is 18.6 Å². The molecule has 1 aliphatic rings. The maximum Gasteiger partial charge on any atom is 0.0646 e. The van der Waals surface area contributed by atoms with Crippen LogP contribution >= 0.6 is 11.8 Å². The van der Waals surface area contributed by atoms with Crippen molar-refractivity contribution in [1.82, 2.24) is 5.43 Å². The highest BCUT2D eigenvalue weighted by atomic mass is 32.2. The van der Waals surface area contributed by atoms with E-state index in [4.69, 9.17) is 10.6 Å². The van der Waals surface area contributed by atoms with Crippen LogP contribution in [0.25, 0.3) is 0 Å². The fraction of sp³-hybridized carbons (Fsp3) is 1.00. The van der Waals surface area contributed by atoms with Crippen LogP contribution in [0, 0.1) is 0 Å². The Morgan fingerprint density at radius 3 is 2.93 bits per heavy atom. The zero-order valence-corrected chi connectivity index (χ0v) is 10.0. The summed E-state index contributed by atoms with van der Waals surface area (Å²) in [6.07, 6.45) is 3.61. The van der Waals surface area contributed by atoms with Gasteiger partial charge in [-0.2, -0.15) is 11.8 Å². The normalized spacial score (nSPS) is 29.4. The van der Waals surface area contributed by atoms with Crippen molar-refractivity contribution in [3.05, 3.63) is 0 Å². The van der Waals surface area contributed by atoms with E-state index < -0.39 is 0 Å². The summed E-state index contributed by atoms with van der Waals surface area (Å²) in [7, 11) is 0. The van der Waals surface area contributed by atoms with E-state index in [0.29, 0.717) is 0 Å². The molecule has 84 valence electrons. The molecule has 0 aromatic carbocycles. The SMILES string of the molecule is CCCOCC(NN)C1(C)CCCS1. The molecule has 0 saturated carbocycles. The van der Waals surface area contributed by atoms with Gasteiger partial charge in [-0.25, -0.2) is 0 Å². The first-order valence-electron chi connectivity index (χ1n) is 5.41. The highest BCUT2D eigenvalue weighted by Crippen LogP contribution is 2.40. The maximum atomic E-state index is 5.58. The summed E-state index contributed by atoms with van der Waals surface area (Å²) in [5.41, 5.74) is 2.90. The summed E-state index contributed by atoms with van der Waals surface area (Å²) in [5.74, 6) is 6.83. The van der Waals surface area contributed by atoms with Gasteiger partial charge in [-0.05, 0) is 31.9 Å². The summed E-state index contributed by atoms with van der Waals surface area (Å²) in [4.78, 5) is 0. The molecule has 0 radical (unpaired) electrons. The van der Waals surface area contributed by atoms with Crippen LogP contribution in [-0.2, 0) is 4.74 Å². The average Bonchev–Trinajstić information content (AvgIpc) is 2.61. The van der Waals surface area contributed by atoms with Crippen molar-refractivity contribution in [3.63, 3.8) is 0 Å². The van der Waals surface area contributed by atoms with Crippen molar-refractivity contribution in [3.8, 4) is 0 Å². The van der Waals surface area contributed by atoms with Gasteiger partial charge in [0.25, 0.3) is 0 Å². The number of hydrazine groups is 1. The molecule has 4 heteroatoms. The van der Waals surface area contributed by atoms with Gasteiger partial charge in [0.2, 0.25) is 0 Å². The van der Waals surface area contributed by atoms with Crippen LogP contribution in [0.1, 0.15) is 33.1 Å². The summed E-state index contributed by atoms with van der Waals surface area (Å²) >= 11 is 2.01. The van der Waals surface area contributed by atoms with Gasteiger partial charge in [0.15, 0.2) is 0 Å². The molecule has 14 heavy (non-hydrogen) atoms. The van der Waals surface area contributed by atoms with Crippen LogP contribution in [0.3, 0.4) is 0 Å². The first-order valence-corrected chi connectivity index (χ1v) is 6.39. The number of nitrogens with one attached hydrogen (secondary N) is 1. The summed E-state index contributed by atoms with van der Waals surface area (Å²) in [5, 5.41) is 0. The molecule has 1 fully saturated rings. The molecule has 0 amide bonds. The molecule has 1 saturated heterocycles. The summed E-state index contributed by atoms with van der Waals surface area (Å²) in [6.45, 7) is 5.97. The van der Waals surface area contributed by atoms with Crippen molar-refractivity contribution >= 4 is 11.8 Å². The van der Waals surface area contributed by atoms with Crippen LogP contribution < -0.4 is 11.3 Å². The van der Waals surface area contributed by atoms with Gasteiger partial charge in [0.05, 0.1) is 12.6 Å². The van der Waals surface area contributed by atoms with Gasteiger partial charge in [0, 0.05) is 11.4 Å². The lowest BCUT2D eigenvalue weighted by atomic mass is 9.97. The molecule has 0 aliphatic carbocycles. The molecule has 1 aliphatic heterocycles. The summed E-state index contributed by atoms with van der Waals surface area (Å²) in [6, 6.07) is 0.279. The van der Waals surface area contributed by atoms with Crippen LogP contribution in [0.4, 0.5) is 0 Å². The van der Waals surface area contributed by atoms with E-state index in [9.17, 15) is 0 Å². The molecule has 0 aromatic rings. The van der Waals surface area contributed by atoms with Crippen LogP contribution in [-0.4, -0.2) is 29.8 Å². The Morgan fingerprint density at radius 1 is 1.64 bits per heavy atom.